The Morgan fingerprint density at radius 1 is 1.14 bits per heavy atom. The summed E-state index contributed by atoms with van der Waals surface area (Å²) in [5.74, 6) is 0.931. The molecule has 0 aliphatic rings. The Bertz CT molecular complexity index is 970. The van der Waals surface area contributed by atoms with Gasteiger partial charge in [-0.1, -0.05) is 0 Å². The van der Waals surface area contributed by atoms with Crippen LogP contribution >= 0.6 is 0 Å². The van der Waals surface area contributed by atoms with Crippen molar-refractivity contribution in [3.8, 4) is 11.5 Å². The molecule has 2 aromatic carbocycles. The molecule has 0 bridgehead atoms. The molecule has 0 saturated heterocycles. The predicted octanol–water partition coefficient (Wildman–Crippen LogP) is 3.14. The first kappa shape index (κ1) is 22.2. The second kappa shape index (κ2) is 9.92. The Kier molecular flexibility index (Phi) is 7.60. The molecule has 0 saturated carbocycles. The molecule has 0 aliphatic carbocycles. The monoisotopic (exact) mass is 419 g/mol. The fraction of sp³-hybridized carbons (Fsp3) is 0.300. The molecule has 0 atom stereocenters. The van der Waals surface area contributed by atoms with Crippen LogP contribution in [-0.2, 0) is 14.8 Å². The summed E-state index contributed by atoms with van der Waals surface area (Å²) in [6.45, 7) is 7.55. The summed E-state index contributed by atoms with van der Waals surface area (Å²) >= 11 is 0. The van der Waals surface area contributed by atoms with Crippen LogP contribution in [0.25, 0.3) is 0 Å². The SMILES string of the molecule is CCOc1cc(/C=N/NS(=O)(=O)c2ccc(NC(C)=O)cc2)ccc1OC(C)C. The summed E-state index contributed by atoms with van der Waals surface area (Å²) in [5.41, 5.74) is 1.15. The number of carbonyl (C=O) groups excluding carboxylic acids is 1. The number of amides is 1. The van der Waals surface area contributed by atoms with Crippen LogP contribution in [0.3, 0.4) is 0 Å². The van der Waals surface area contributed by atoms with Crippen molar-refractivity contribution in [2.24, 2.45) is 5.10 Å². The maximum atomic E-state index is 12.3. The third kappa shape index (κ3) is 6.79. The highest BCUT2D eigenvalue weighted by molar-refractivity contribution is 7.89. The van der Waals surface area contributed by atoms with Crippen molar-refractivity contribution in [1.29, 1.82) is 0 Å². The van der Waals surface area contributed by atoms with E-state index in [2.05, 4.69) is 15.2 Å². The number of carbonyl (C=O) groups is 1. The molecule has 0 aliphatic heterocycles. The van der Waals surface area contributed by atoms with Crippen molar-refractivity contribution in [3.05, 3.63) is 48.0 Å². The molecule has 0 radical (unpaired) electrons. The van der Waals surface area contributed by atoms with Crippen molar-refractivity contribution in [1.82, 2.24) is 4.83 Å². The van der Waals surface area contributed by atoms with E-state index in [0.29, 0.717) is 29.4 Å². The fourth-order valence-corrected chi connectivity index (χ4v) is 3.16. The van der Waals surface area contributed by atoms with Crippen LogP contribution in [0.2, 0.25) is 0 Å². The quantitative estimate of drug-likeness (QED) is 0.480. The number of sulfonamides is 1. The van der Waals surface area contributed by atoms with E-state index < -0.39 is 10.0 Å². The summed E-state index contributed by atoms with van der Waals surface area (Å²) in [7, 11) is -3.84. The summed E-state index contributed by atoms with van der Waals surface area (Å²) < 4.78 is 36.0. The lowest BCUT2D eigenvalue weighted by molar-refractivity contribution is -0.114. The molecule has 2 N–H and O–H groups in total. The van der Waals surface area contributed by atoms with Crippen molar-refractivity contribution in [3.63, 3.8) is 0 Å². The number of ether oxygens (including phenoxy) is 2. The number of nitrogens with zero attached hydrogens (tertiary/aromatic N) is 1. The highest BCUT2D eigenvalue weighted by Gasteiger charge is 2.13. The van der Waals surface area contributed by atoms with Crippen LogP contribution in [-0.4, -0.2) is 33.3 Å². The maximum Gasteiger partial charge on any atom is 0.276 e. The summed E-state index contributed by atoms with van der Waals surface area (Å²) in [6, 6.07) is 11.0. The van der Waals surface area contributed by atoms with Crippen LogP contribution in [0, 0.1) is 0 Å². The standard InChI is InChI=1S/C20H25N3O5S/c1-5-27-20-12-16(6-11-19(20)28-14(2)3)13-21-23-29(25,26)18-9-7-17(8-10-18)22-15(4)24/h6-14,23H,5H2,1-4H3,(H,22,24)/b21-13+. The lowest BCUT2D eigenvalue weighted by Crippen LogP contribution is -2.18. The Labute approximate surface area is 171 Å². The maximum absolute atomic E-state index is 12.3. The molecule has 0 heterocycles. The first-order valence-corrected chi connectivity index (χ1v) is 10.6. The van der Waals surface area contributed by atoms with Gasteiger partial charge in [0.2, 0.25) is 5.91 Å². The van der Waals surface area contributed by atoms with E-state index in [1.165, 1.54) is 37.4 Å². The Balaban J connectivity index is 2.11. The molecule has 0 aromatic heterocycles. The van der Waals surface area contributed by atoms with E-state index in [-0.39, 0.29) is 16.9 Å². The van der Waals surface area contributed by atoms with Crippen LogP contribution < -0.4 is 19.6 Å². The highest BCUT2D eigenvalue weighted by Crippen LogP contribution is 2.29. The van der Waals surface area contributed by atoms with Gasteiger partial charge in [-0.2, -0.15) is 13.5 Å². The van der Waals surface area contributed by atoms with Crippen LogP contribution in [0.5, 0.6) is 11.5 Å². The highest BCUT2D eigenvalue weighted by atomic mass is 32.2. The van der Waals surface area contributed by atoms with Gasteiger partial charge >= 0.3 is 0 Å². The van der Waals surface area contributed by atoms with E-state index in [4.69, 9.17) is 9.47 Å². The Morgan fingerprint density at radius 2 is 1.83 bits per heavy atom. The van der Waals surface area contributed by atoms with E-state index in [1.807, 2.05) is 20.8 Å². The number of hydrogen-bond donors (Lipinski definition) is 2. The molecule has 156 valence electrons. The number of rotatable bonds is 9. The third-order valence-electron chi connectivity index (χ3n) is 3.50. The first-order valence-electron chi connectivity index (χ1n) is 9.07. The molecule has 2 aromatic rings. The zero-order valence-corrected chi connectivity index (χ0v) is 17.6. The predicted molar refractivity (Wildman–Crippen MR) is 112 cm³/mol. The largest absolute Gasteiger partial charge is 0.490 e. The zero-order valence-electron chi connectivity index (χ0n) is 16.8. The van der Waals surface area contributed by atoms with Crippen LogP contribution in [0.1, 0.15) is 33.3 Å². The van der Waals surface area contributed by atoms with E-state index in [0.717, 1.165) is 0 Å². The van der Waals surface area contributed by atoms with Crippen molar-refractivity contribution in [2.75, 3.05) is 11.9 Å². The van der Waals surface area contributed by atoms with Gasteiger partial charge in [-0.25, -0.2) is 4.83 Å². The average Bonchev–Trinajstić information content (AvgIpc) is 2.63. The smallest absolute Gasteiger partial charge is 0.276 e. The van der Waals surface area contributed by atoms with Crippen LogP contribution in [0.15, 0.2) is 52.5 Å². The minimum atomic E-state index is -3.84. The second-order valence-electron chi connectivity index (χ2n) is 6.36. The number of hydrazone groups is 1. The molecular weight excluding hydrogens is 394 g/mol. The fourth-order valence-electron chi connectivity index (χ4n) is 2.37. The van der Waals surface area contributed by atoms with Gasteiger partial charge in [0.05, 0.1) is 23.8 Å². The zero-order chi connectivity index (χ0) is 21.4. The molecule has 29 heavy (non-hydrogen) atoms. The first-order chi connectivity index (χ1) is 13.7. The van der Waals surface area contributed by atoms with Crippen molar-refractivity contribution < 1.29 is 22.7 Å². The van der Waals surface area contributed by atoms with Gasteiger partial charge in [0.15, 0.2) is 11.5 Å². The number of nitrogens with one attached hydrogen (secondary N) is 2. The molecule has 1 amide bonds. The average molecular weight is 420 g/mol. The van der Waals surface area contributed by atoms with Gasteiger partial charge in [-0.05, 0) is 68.8 Å². The van der Waals surface area contributed by atoms with Gasteiger partial charge < -0.3 is 14.8 Å². The molecular formula is C20H25N3O5S. The third-order valence-corrected chi connectivity index (χ3v) is 4.74. The van der Waals surface area contributed by atoms with Crippen molar-refractivity contribution in [2.45, 2.75) is 38.7 Å². The Morgan fingerprint density at radius 3 is 2.41 bits per heavy atom. The number of anilines is 1. The summed E-state index contributed by atoms with van der Waals surface area (Å²) in [5, 5.41) is 6.40. The topological polar surface area (TPSA) is 106 Å². The van der Waals surface area contributed by atoms with Gasteiger partial charge in [-0.3, -0.25) is 4.79 Å². The summed E-state index contributed by atoms with van der Waals surface area (Å²) in [4.78, 5) is 13.2. The molecule has 0 spiro atoms. The second-order valence-corrected chi connectivity index (χ2v) is 8.03. The molecule has 2 rings (SSSR count). The van der Waals surface area contributed by atoms with E-state index >= 15 is 0 Å². The van der Waals surface area contributed by atoms with Gasteiger partial charge in [-0.15, -0.1) is 0 Å². The number of hydrogen-bond acceptors (Lipinski definition) is 6. The van der Waals surface area contributed by atoms with Gasteiger partial charge in [0.1, 0.15) is 0 Å². The molecule has 9 heteroatoms. The molecule has 0 fully saturated rings. The minimum absolute atomic E-state index is 0.00225. The lowest BCUT2D eigenvalue weighted by atomic mass is 10.2. The van der Waals surface area contributed by atoms with Crippen molar-refractivity contribution >= 4 is 27.8 Å². The minimum Gasteiger partial charge on any atom is -0.490 e. The molecule has 8 nitrogen and oxygen atoms in total. The summed E-state index contributed by atoms with van der Waals surface area (Å²) in [6.07, 6.45) is 1.38. The van der Waals surface area contributed by atoms with E-state index in [1.54, 1.807) is 18.2 Å². The van der Waals surface area contributed by atoms with Gasteiger partial charge in [0.25, 0.3) is 10.0 Å². The van der Waals surface area contributed by atoms with E-state index in [9.17, 15) is 13.2 Å². The number of benzene rings is 2. The van der Waals surface area contributed by atoms with Gasteiger partial charge in [0, 0.05) is 12.6 Å². The van der Waals surface area contributed by atoms with Crippen LogP contribution in [0.4, 0.5) is 5.69 Å². The molecule has 0 unspecified atom stereocenters. The Hall–Kier alpha value is -3.07. The lowest BCUT2D eigenvalue weighted by Gasteiger charge is -2.14. The normalized spacial score (nSPS) is 11.5.